The summed E-state index contributed by atoms with van der Waals surface area (Å²) in [6, 6.07) is 3.95. The number of nitrogens with one attached hydrogen (secondary N) is 1. The van der Waals surface area contributed by atoms with Gasteiger partial charge < -0.3 is 0 Å². The lowest BCUT2D eigenvalue weighted by Gasteiger charge is -2.09. The summed E-state index contributed by atoms with van der Waals surface area (Å²) in [4.78, 5) is 0. The molecule has 0 aliphatic carbocycles. The summed E-state index contributed by atoms with van der Waals surface area (Å²) in [7, 11) is 0. The molecule has 0 aliphatic rings. The molecule has 0 aromatic heterocycles. The first-order chi connectivity index (χ1) is 6.17. The Bertz CT molecular complexity index is 326. The Labute approximate surface area is 84.4 Å². The zero-order valence-electron chi connectivity index (χ0n) is 6.72. The number of benzene rings is 1. The van der Waals surface area contributed by atoms with Crippen LogP contribution in [-0.2, 0) is 0 Å². The molecule has 1 atom stereocenters. The molecule has 0 amide bonds. The molecule has 13 heavy (non-hydrogen) atoms. The molecule has 1 aromatic rings. The van der Waals surface area contributed by atoms with Crippen LogP contribution >= 0.6 is 15.9 Å². The third kappa shape index (κ3) is 2.52. The van der Waals surface area contributed by atoms with Crippen molar-refractivity contribution in [2.24, 2.45) is 5.84 Å². The average Bonchev–Trinajstić information content (AvgIpc) is 2.04. The van der Waals surface area contributed by atoms with Crippen LogP contribution in [0.2, 0.25) is 0 Å². The van der Waals surface area contributed by atoms with E-state index < -0.39 is 6.04 Å². The second-order valence-electron chi connectivity index (χ2n) is 2.47. The predicted octanol–water partition coefficient (Wildman–Crippen LogP) is 1.73. The van der Waals surface area contributed by atoms with E-state index in [2.05, 4.69) is 27.3 Å². The molecule has 4 heteroatoms. The zero-order valence-corrected chi connectivity index (χ0v) is 8.31. The van der Waals surface area contributed by atoms with Gasteiger partial charge in [0.2, 0.25) is 0 Å². The molecule has 0 heterocycles. The van der Waals surface area contributed by atoms with Crippen LogP contribution in [0, 0.1) is 18.2 Å². The molecular formula is C9H8BrFN2. The molecule has 2 nitrogen and oxygen atoms in total. The van der Waals surface area contributed by atoms with Crippen molar-refractivity contribution < 1.29 is 4.39 Å². The first-order valence-corrected chi connectivity index (χ1v) is 4.35. The summed E-state index contributed by atoms with van der Waals surface area (Å²) in [5.74, 6) is 7.24. The van der Waals surface area contributed by atoms with Crippen molar-refractivity contribution in [3.8, 4) is 12.3 Å². The fourth-order valence-corrected chi connectivity index (χ4v) is 1.47. The van der Waals surface area contributed by atoms with E-state index in [1.54, 1.807) is 6.07 Å². The SMILES string of the molecule is C#CC(NN)c1cc(F)cc(Br)c1. The van der Waals surface area contributed by atoms with Crippen LogP contribution in [0.4, 0.5) is 4.39 Å². The summed E-state index contributed by atoms with van der Waals surface area (Å²) >= 11 is 3.16. The highest BCUT2D eigenvalue weighted by Gasteiger charge is 2.07. The minimum absolute atomic E-state index is 0.347. The van der Waals surface area contributed by atoms with E-state index in [0.29, 0.717) is 10.0 Å². The van der Waals surface area contributed by atoms with Crippen molar-refractivity contribution in [3.63, 3.8) is 0 Å². The lowest BCUT2D eigenvalue weighted by molar-refractivity contribution is 0.614. The highest BCUT2D eigenvalue weighted by molar-refractivity contribution is 9.10. The second kappa shape index (κ2) is 4.38. The molecule has 1 rings (SSSR count). The van der Waals surface area contributed by atoms with E-state index in [1.165, 1.54) is 12.1 Å². The molecule has 0 aliphatic heterocycles. The van der Waals surface area contributed by atoms with Crippen molar-refractivity contribution in [2.45, 2.75) is 6.04 Å². The van der Waals surface area contributed by atoms with E-state index in [9.17, 15) is 4.39 Å². The van der Waals surface area contributed by atoms with Crippen LogP contribution in [0.1, 0.15) is 11.6 Å². The maximum absolute atomic E-state index is 12.9. The van der Waals surface area contributed by atoms with Gasteiger partial charge in [-0.05, 0) is 23.8 Å². The van der Waals surface area contributed by atoms with Gasteiger partial charge >= 0.3 is 0 Å². The number of rotatable bonds is 2. The van der Waals surface area contributed by atoms with Crippen LogP contribution in [0.5, 0.6) is 0 Å². The molecule has 0 saturated heterocycles. The van der Waals surface area contributed by atoms with Gasteiger partial charge in [0, 0.05) is 4.47 Å². The fourth-order valence-electron chi connectivity index (χ4n) is 0.982. The predicted molar refractivity (Wildman–Crippen MR) is 53.0 cm³/mol. The number of hydrogen-bond acceptors (Lipinski definition) is 2. The van der Waals surface area contributed by atoms with Gasteiger partial charge in [0.1, 0.15) is 11.9 Å². The van der Waals surface area contributed by atoms with Crippen LogP contribution < -0.4 is 11.3 Å². The molecule has 1 unspecified atom stereocenters. The maximum atomic E-state index is 12.9. The largest absolute Gasteiger partial charge is 0.270 e. The summed E-state index contributed by atoms with van der Waals surface area (Å²) < 4.78 is 13.5. The summed E-state index contributed by atoms with van der Waals surface area (Å²) in [5, 5.41) is 0. The molecule has 0 fully saturated rings. The van der Waals surface area contributed by atoms with E-state index in [1.807, 2.05) is 0 Å². The average molecular weight is 243 g/mol. The Kier molecular flexibility index (Phi) is 3.43. The van der Waals surface area contributed by atoms with Crippen LogP contribution in [0.25, 0.3) is 0 Å². The molecule has 68 valence electrons. The highest BCUT2D eigenvalue weighted by Crippen LogP contribution is 2.19. The Morgan fingerprint density at radius 1 is 1.54 bits per heavy atom. The third-order valence-electron chi connectivity index (χ3n) is 1.55. The van der Waals surface area contributed by atoms with Crippen molar-refractivity contribution in [1.29, 1.82) is 0 Å². The minimum Gasteiger partial charge on any atom is -0.270 e. The van der Waals surface area contributed by atoms with Crippen molar-refractivity contribution in [2.75, 3.05) is 0 Å². The van der Waals surface area contributed by atoms with E-state index in [0.717, 1.165) is 0 Å². The highest BCUT2D eigenvalue weighted by atomic mass is 79.9. The molecule has 0 saturated carbocycles. The second-order valence-corrected chi connectivity index (χ2v) is 3.38. The molecule has 3 N–H and O–H groups in total. The van der Waals surface area contributed by atoms with E-state index >= 15 is 0 Å². The molecule has 0 bridgehead atoms. The first-order valence-electron chi connectivity index (χ1n) is 3.55. The molecular weight excluding hydrogens is 235 g/mol. The zero-order chi connectivity index (χ0) is 9.84. The van der Waals surface area contributed by atoms with Gasteiger partial charge in [-0.15, -0.1) is 6.42 Å². The minimum atomic E-state index is -0.466. The topological polar surface area (TPSA) is 38.0 Å². The first kappa shape index (κ1) is 10.2. The Hall–Kier alpha value is -0.890. The van der Waals surface area contributed by atoms with Gasteiger partial charge in [0.25, 0.3) is 0 Å². The number of terminal acetylenes is 1. The fraction of sp³-hybridized carbons (Fsp3) is 0.111. The smallest absolute Gasteiger partial charge is 0.124 e. The summed E-state index contributed by atoms with van der Waals surface area (Å²) in [6.45, 7) is 0. The summed E-state index contributed by atoms with van der Waals surface area (Å²) in [6.07, 6.45) is 5.19. The van der Waals surface area contributed by atoms with Crippen molar-refractivity contribution in [1.82, 2.24) is 5.43 Å². The van der Waals surface area contributed by atoms with Gasteiger partial charge in [-0.1, -0.05) is 21.9 Å². The molecule has 0 spiro atoms. The molecule has 0 radical (unpaired) electrons. The number of hydrogen-bond donors (Lipinski definition) is 2. The van der Waals surface area contributed by atoms with Gasteiger partial charge in [-0.25, -0.2) is 9.82 Å². The standard InChI is InChI=1S/C9H8BrFN2/c1-2-9(13-12)6-3-7(10)5-8(11)4-6/h1,3-5,9,13H,12H2. The van der Waals surface area contributed by atoms with Crippen LogP contribution in [0.3, 0.4) is 0 Å². The van der Waals surface area contributed by atoms with Gasteiger partial charge in [-0.2, -0.15) is 0 Å². The number of nitrogens with two attached hydrogens (primary N) is 1. The quantitative estimate of drug-likeness (QED) is 0.471. The third-order valence-corrected chi connectivity index (χ3v) is 2.01. The van der Waals surface area contributed by atoms with Gasteiger partial charge in [0.05, 0.1) is 0 Å². The monoisotopic (exact) mass is 242 g/mol. The summed E-state index contributed by atoms with van der Waals surface area (Å²) in [5.41, 5.74) is 3.02. The van der Waals surface area contributed by atoms with Crippen LogP contribution in [-0.4, -0.2) is 0 Å². The molecule has 1 aromatic carbocycles. The van der Waals surface area contributed by atoms with E-state index in [4.69, 9.17) is 12.3 Å². The van der Waals surface area contributed by atoms with Crippen molar-refractivity contribution in [3.05, 3.63) is 34.1 Å². The lowest BCUT2D eigenvalue weighted by atomic mass is 10.1. The van der Waals surface area contributed by atoms with E-state index in [-0.39, 0.29) is 5.82 Å². The number of halogens is 2. The Morgan fingerprint density at radius 3 is 2.69 bits per heavy atom. The van der Waals surface area contributed by atoms with Crippen molar-refractivity contribution >= 4 is 15.9 Å². The Morgan fingerprint density at radius 2 is 2.23 bits per heavy atom. The van der Waals surface area contributed by atoms with Crippen LogP contribution in [0.15, 0.2) is 22.7 Å². The normalized spacial score (nSPS) is 12.2. The lowest BCUT2D eigenvalue weighted by Crippen LogP contribution is -2.26. The number of hydrazine groups is 1. The Balaban J connectivity index is 3.08. The maximum Gasteiger partial charge on any atom is 0.124 e. The van der Waals surface area contributed by atoms with Gasteiger partial charge in [0.15, 0.2) is 0 Å². The van der Waals surface area contributed by atoms with Gasteiger partial charge in [-0.3, -0.25) is 5.84 Å².